The summed E-state index contributed by atoms with van der Waals surface area (Å²) in [5.74, 6) is 0.467. The highest BCUT2D eigenvalue weighted by molar-refractivity contribution is 5.78. The largest absolute Gasteiger partial charge is 0.343 e. The zero-order chi connectivity index (χ0) is 13.0. The third kappa shape index (κ3) is 3.45. The summed E-state index contributed by atoms with van der Waals surface area (Å²) in [6.07, 6.45) is 4.97. The third-order valence-corrected chi connectivity index (χ3v) is 4.38. The first-order valence-electron chi connectivity index (χ1n) is 7.38. The molecule has 1 atom stereocenters. The molecule has 1 saturated heterocycles. The van der Waals surface area contributed by atoms with Gasteiger partial charge in [-0.05, 0) is 12.8 Å². The maximum atomic E-state index is 12.4. The fourth-order valence-corrected chi connectivity index (χ4v) is 3.18. The highest BCUT2D eigenvalue weighted by Crippen LogP contribution is 2.23. The van der Waals surface area contributed by atoms with E-state index in [4.69, 9.17) is 0 Å². The number of nitrogens with zero attached hydrogens (tertiary/aromatic N) is 2. The van der Waals surface area contributed by atoms with Crippen molar-refractivity contribution in [1.29, 1.82) is 0 Å². The van der Waals surface area contributed by atoms with Gasteiger partial charge in [-0.1, -0.05) is 19.8 Å². The van der Waals surface area contributed by atoms with Crippen LogP contribution in [0.15, 0.2) is 0 Å². The fraction of sp³-hybridized carbons (Fsp3) is 0.929. The van der Waals surface area contributed by atoms with Gasteiger partial charge in [-0.25, -0.2) is 0 Å². The minimum atomic E-state index is 0.133. The molecule has 1 N–H and O–H groups in total. The van der Waals surface area contributed by atoms with Crippen molar-refractivity contribution in [3.05, 3.63) is 0 Å². The Labute approximate surface area is 111 Å². The molecule has 104 valence electrons. The molecule has 0 bridgehead atoms. The third-order valence-electron chi connectivity index (χ3n) is 4.38. The molecule has 2 rings (SSSR count). The molecule has 4 nitrogen and oxygen atoms in total. The summed E-state index contributed by atoms with van der Waals surface area (Å²) in [7, 11) is 1.99. The van der Waals surface area contributed by atoms with Crippen LogP contribution in [0.25, 0.3) is 0 Å². The van der Waals surface area contributed by atoms with Crippen LogP contribution in [0.5, 0.6) is 0 Å². The molecule has 1 unspecified atom stereocenters. The summed E-state index contributed by atoms with van der Waals surface area (Å²) in [4.78, 5) is 16.8. The molecule has 2 aliphatic rings. The van der Waals surface area contributed by atoms with Crippen LogP contribution >= 0.6 is 0 Å². The monoisotopic (exact) mass is 253 g/mol. The minimum Gasteiger partial charge on any atom is -0.343 e. The molecule has 0 radical (unpaired) electrons. The second-order valence-corrected chi connectivity index (χ2v) is 5.84. The van der Waals surface area contributed by atoms with Crippen LogP contribution in [0.4, 0.5) is 0 Å². The van der Waals surface area contributed by atoms with Gasteiger partial charge in [-0.15, -0.1) is 0 Å². The Bertz CT molecular complexity index is 270. The van der Waals surface area contributed by atoms with Crippen molar-refractivity contribution in [2.75, 3.05) is 39.8 Å². The van der Waals surface area contributed by atoms with Gasteiger partial charge in [0.25, 0.3) is 0 Å². The number of nitrogens with one attached hydrogen (secondary N) is 1. The first kappa shape index (κ1) is 13.8. The van der Waals surface area contributed by atoms with E-state index in [-0.39, 0.29) is 5.92 Å². The second-order valence-electron chi connectivity index (χ2n) is 5.84. The topological polar surface area (TPSA) is 35.6 Å². The predicted molar refractivity (Wildman–Crippen MR) is 73.5 cm³/mol. The molecule has 0 spiro atoms. The molecule has 4 heteroatoms. The van der Waals surface area contributed by atoms with E-state index in [2.05, 4.69) is 17.1 Å². The van der Waals surface area contributed by atoms with Crippen molar-refractivity contribution in [1.82, 2.24) is 15.1 Å². The molecule has 0 aromatic carbocycles. The SMILES string of the molecule is CC(CN1CCNCC1)C(=O)N(C)C1CCCC1. The zero-order valence-corrected chi connectivity index (χ0v) is 11.8. The molecule has 1 amide bonds. The van der Waals surface area contributed by atoms with Crippen LogP contribution in [-0.2, 0) is 4.79 Å². The average molecular weight is 253 g/mol. The summed E-state index contributed by atoms with van der Waals surface area (Å²) in [6.45, 7) is 7.25. The van der Waals surface area contributed by atoms with E-state index < -0.39 is 0 Å². The number of hydrogen-bond acceptors (Lipinski definition) is 3. The van der Waals surface area contributed by atoms with Crippen molar-refractivity contribution in [2.24, 2.45) is 5.92 Å². The van der Waals surface area contributed by atoms with Crippen LogP contribution in [0.2, 0.25) is 0 Å². The minimum absolute atomic E-state index is 0.133. The zero-order valence-electron chi connectivity index (χ0n) is 11.8. The van der Waals surface area contributed by atoms with Gasteiger partial charge in [0.2, 0.25) is 5.91 Å². The molecule has 2 fully saturated rings. The number of rotatable bonds is 4. The number of piperazine rings is 1. The Hall–Kier alpha value is -0.610. The number of carbonyl (C=O) groups excluding carboxylic acids is 1. The first-order chi connectivity index (χ1) is 8.68. The van der Waals surface area contributed by atoms with Crippen molar-refractivity contribution in [3.63, 3.8) is 0 Å². The van der Waals surface area contributed by atoms with Crippen LogP contribution in [0, 0.1) is 5.92 Å². The van der Waals surface area contributed by atoms with Crippen molar-refractivity contribution in [3.8, 4) is 0 Å². The fourth-order valence-electron chi connectivity index (χ4n) is 3.18. The molecular weight excluding hydrogens is 226 g/mol. The van der Waals surface area contributed by atoms with Gasteiger partial charge in [-0.3, -0.25) is 4.79 Å². The highest BCUT2D eigenvalue weighted by atomic mass is 16.2. The summed E-state index contributed by atoms with van der Waals surface area (Å²) < 4.78 is 0. The Balaban J connectivity index is 1.79. The Morgan fingerprint density at radius 3 is 2.56 bits per heavy atom. The van der Waals surface area contributed by atoms with Crippen molar-refractivity contribution in [2.45, 2.75) is 38.6 Å². The lowest BCUT2D eigenvalue weighted by Gasteiger charge is -2.32. The lowest BCUT2D eigenvalue weighted by atomic mass is 10.1. The molecule has 18 heavy (non-hydrogen) atoms. The van der Waals surface area contributed by atoms with E-state index in [1.165, 1.54) is 25.7 Å². The Morgan fingerprint density at radius 2 is 1.94 bits per heavy atom. The summed E-state index contributed by atoms with van der Waals surface area (Å²) in [5.41, 5.74) is 0. The van der Waals surface area contributed by atoms with E-state index >= 15 is 0 Å². The van der Waals surface area contributed by atoms with Gasteiger partial charge in [0, 0.05) is 51.7 Å². The lowest BCUT2D eigenvalue weighted by molar-refractivity contribution is -0.136. The van der Waals surface area contributed by atoms with Gasteiger partial charge in [0.1, 0.15) is 0 Å². The van der Waals surface area contributed by atoms with E-state index in [0.717, 1.165) is 32.7 Å². The molecule has 1 aliphatic carbocycles. The van der Waals surface area contributed by atoms with Gasteiger partial charge < -0.3 is 15.1 Å². The predicted octanol–water partition coefficient (Wildman–Crippen LogP) is 0.929. The quantitative estimate of drug-likeness (QED) is 0.809. The standard InChI is InChI=1S/C14H27N3O/c1-12(11-17-9-7-15-8-10-17)14(18)16(2)13-5-3-4-6-13/h12-13,15H,3-11H2,1-2H3. The van der Waals surface area contributed by atoms with Crippen molar-refractivity contribution < 1.29 is 4.79 Å². The van der Waals surface area contributed by atoms with Crippen molar-refractivity contribution >= 4 is 5.91 Å². The van der Waals surface area contributed by atoms with E-state index in [0.29, 0.717) is 11.9 Å². The number of hydrogen-bond donors (Lipinski definition) is 1. The molecule has 1 heterocycles. The van der Waals surface area contributed by atoms with Gasteiger partial charge in [0.05, 0.1) is 0 Å². The Morgan fingerprint density at radius 1 is 1.33 bits per heavy atom. The van der Waals surface area contributed by atoms with Crippen LogP contribution in [-0.4, -0.2) is 61.5 Å². The molecule has 0 aromatic rings. The smallest absolute Gasteiger partial charge is 0.226 e. The maximum Gasteiger partial charge on any atom is 0.226 e. The second kappa shape index (κ2) is 6.53. The van der Waals surface area contributed by atoms with Crippen LogP contribution < -0.4 is 5.32 Å². The average Bonchev–Trinajstić information content (AvgIpc) is 2.92. The van der Waals surface area contributed by atoms with E-state index in [1.807, 2.05) is 11.9 Å². The van der Waals surface area contributed by atoms with Gasteiger partial charge in [0.15, 0.2) is 0 Å². The van der Waals surface area contributed by atoms with E-state index in [1.54, 1.807) is 0 Å². The molecule has 1 aliphatic heterocycles. The highest BCUT2D eigenvalue weighted by Gasteiger charge is 2.27. The first-order valence-corrected chi connectivity index (χ1v) is 7.38. The summed E-state index contributed by atoms with van der Waals surface area (Å²) in [6, 6.07) is 0.503. The van der Waals surface area contributed by atoms with Gasteiger partial charge in [-0.2, -0.15) is 0 Å². The maximum absolute atomic E-state index is 12.4. The Kier molecular flexibility index (Phi) is 5.01. The normalized spacial score (nSPS) is 24.1. The van der Waals surface area contributed by atoms with Gasteiger partial charge >= 0.3 is 0 Å². The summed E-state index contributed by atoms with van der Waals surface area (Å²) in [5, 5.41) is 3.35. The van der Waals surface area contributed by atoms with Crippen LogP contribution in [0.3, 0.4) is 0 Å². The number of carbonyl (C=O) groups is 1. The number of amides is 1. The lowest BCUT2D eigenvalue weighted by Crippen LogP contribution is -2.48. The van der Waals surface area contributed by atoms with E-state index in [9.17, 15) is 4.79 Å². The molecular formula is C14H27N3O. The molecule has 0 aromatic heterocycles. The van der Waals surface area contributed by atoms with Crippen LogP contribution in [0.1, 0.15) is 32.6 Å². The molecule has 1 saturated carbocycles. The summed E-state index contributed by atoms with van der Waals surface area (Å²) >= 11 is 0.